The van der Waals surface area contributed by atoms with Crippen molar-refractivity contribution >= 4 is 5.91 Å². The molecule has 0 saturated carbocycles. The molecule has 1 aliphatic rings. The number of rotatable bonds is 5. The number of amides is 1. The number of carbonyl (C=O) groups excluding carboxylic acids is 1. The largest absolute Gasteiger partial charge is 0.307 e. The van der Waals surface area contributed by atoms with E-state index >= 15 is 0 Å². The van der Waals surface area contributed by atoms with Crippen LogP contribution in [0.4, 0.5) is 0 Å². The minimum absolute atomic E-state index is 0.0610. The molecule has 1 aliphatic heterocycles. The fourth-order valence-electron chi connectivity index (χ4n) is 4.08. The third kappa shape index (κ3) is 4.43. The van der Waals surface area contributed by atoms with E-state index in [1.165, 1.54) is 16.7 Å². The maximum Gasteiger partial charge on any atom is 0.243 e. The maximum atomic E-state index is 13.2. The lowest BCUT2D eigenvalue weighted by Gasteiger charge is -2.49. The van der Waals surface area contributed by atoms with Crippen molar-refractivity contribution in [2.75, 3.05) is 41.3 Å². The van der Waals surface area contributed by atoms with E-state index in [9.17, 15) is 4.79 Å². The van der Waals surface area contributed by atoms with Crippen molar-refractivity contribution in [3.05, 3.63) is 34.4 Å². The first-order valence-corrected chi connectivity index (χ1v) is 9.33. The summed E-state index contributed by atoms with van der Waals surface area (Å²) in [5, 5.41) is 7.99. The maximum absolute atomic E-state index is 13.2. The van der Waals surface area contributed by atoms with Gasteiger partial charge < -0.3 is 5.73 Å². The van der Waals surface area contributed by atoms with E-state index in [0.29, 0.717) is 6.42 Å². The Bertz CT molecular complexity index is 625. The van der Waals surface area contributed by atoms with Crippen LogP contribution in [0.15, 0.2) is 12.1 Å². The van der Waals surface area contributed by atoms with Crippen molar-refractivity contribution in [2.24, 2.45) is 5.73 Å². The SMILES string of the molecule is Cc1cc(C)c(CC(=O)N(N(C)C)C2(N)CCN(N(C)C)CC2)c(C)c1. The van der Waals surface area contributed by atoms with Crippen molar-refractivity contribution in [3.63, 3.8) is 0 Å². The van der Waals surface area contributed by atoms with E-state index in [0.717, 1.165) is 31.5 Å². The van der Waals surface area contributed by atoms with Crippen LogP contribution in [0.25, 0.3) is 0 Å². The first-order chi connectivity index (χ1) is 12.0. The molecule has 0 bridgehead atoms. The predicted molar refractivity (Wildman–Crippen MR) is 106 cm³/mol. The zero-order chi connectivity index (χ0) is 19.6. The highest BCUT2D eigenvalue weighted by Crippen LogP contribution is 2.27. The topological polar surface area (TPSA) is 56.1 Å². The number of carbonyl (C=O) groups is 1. The van der Waals surface area contributed by atoms with Crippen LogP contribution in [0.1, 0.15) is 35.1 Å². The molecule has 0 spiro atoms. The Hall–Kier alpha value is -1.47. The standard InChI is InChI=1S/C20H35N5O/c1-15-12-16(2)18(17(3)13-15)14-19(26)25(23(6)7)20(21)8-10-24(11-9-20)22(4)5/h12-13H,8-11,14,21H2,1-7H3. The van der Waals surface area contributed by atoms with Gasteiger partial charge in [0.25, 0.3) is 0 Å². The van der Waals surface area contributed by atoms with Gasteiger partial charge in [-0.3, -0.25) is 9.80 Å². The van der Waals surface area contributed by atoms with Crippen LogP contribution in [0, 0.1) is 20.8 Å². The van der Waals surface area contributed by atoms with Crippen molar-refractivity contribution in [3.8, 4) is 0 Å². The lowest BCUT2D eigenvalue weighted by Crippen LogP contribution is -2.67. The Morgan fingerprint density at radius 2 is 1.58 bits per heavy atom. The minimum atomic E-state index is -0.639. The Labute approximate surface area is 158 Å². The van der Waals surface area contributed by atoms with E-state index in [1.54, 1.807) is 5.01 Å². The van der Waals surface area contributed by atoms with Gasteiger partial charge in [-0.15, -0.1) is 0 Å². The molecule has 0 atom stereocenters. The minimum Gasteiger partial charge on any atom is -0.307 e. The first kappa shape index (κ1) is 20.8. The summed E-state index contributed by atoms with van der Waals surface area (Å²) in [5.74, 6) is 0.0610. The van der Waals surface area contributed by atoms with Crippen LogP contribution in [-0.4, -0.2) is 72.9 Å². The second-order valence-electron chi connectivity index (χ2n) is 8.01. The third-order valence-electron chi connectivity index (χ3n) is 5.40. The van der Waals surface area contributed by atoms with Crippen LogP contribution in [0.3, 0.4) is 0 Å². The summed E-state index contributed by atoms with van der Waals surface area (Å²) in [5.41, 5.74) is 10.8. The molecule has 0 aromatic heterocycles. The average molecular weight is 362 g/mol. The van der Waals surface area contributed by atoms with Gasteiger partial charge in [-0.25, -0.2) is 15.0 Å². The summed E-state index contributed by atoms with van der Waals surface area (Å²) < 4.78 is 0. The summed E-state index contributed by atoms with van der Waals surface area (Å²) >= 11 is 0. The molecule has 0 unspecified atom stereocenters. The molecular formula is C20H35N5O. The number of aryl methyl sites for hydroxylation is 3. The van der Waals surface area contributed by atoms with Gasteiger partial charge in [0.05, 0.1) is 6.42 Å². The molecule has 6 nitrogen and oxygen atoms in total. The van der Waals surface area contributed by atoms with E-state index in [-0.39, 0.29) is 5.91 Å². The molecule has 2 N–H and O–H groups in total. The number of nitrogens with two attached hydrogens (primary N) is 1. The molecule has 146 valence electrons. The smallest absolute Gasteiger partial charge is 0.243 e. The zero-order valence-electron chi connectivity index (χ0n) is 17.5. The van der Waals surface area contributed by atoms with Gasteiger partial charge >= 0.3 is 0 Å². The van der Waals surface area contributed by atoms with Crippen LogP contribution < -0.4 is 5.73 Å². The molecule has 1 fully saturated rings. The van der Waals surface area contributed by atoms with E-state index in [1.807, 2.05) is 33.2 Å². The number of piperidine rings is 1. The highest BCUT2D eigenvalue weighted by molar-refractivity contribution is 5.80. The molecule has 26 heavy (non-hydrogen) atoms. The van der Waals surface area contributed by atoms with Crippen molar-refractivity contribution in [1.82, 2.24) is 20.0 Å². The summed E-state index contributed by atoms with van der Waals surface area (Å²) in [4.78, 5) is 13.2. The molecule has 1 aromatic rings. The van der Waals surface area contributed by atoms with Gasteiger partial charge in [-0.2, -0.15) is 0 Å². The second kappa shape index (κ2) is 8.05. The monoisotopic (exact) mass is 361 g/mol. The number of nitrogens with zero attached hydrogens (tertiary/aromatic N) is 4. The molecule has 1 aromatic carbocycles. The normalized spacial score (nSPS) is 17.8. The Kier molecular flexibility index (Phi) is 6.45. The van der Waals surface area contributed by atoms with Gasteiger partial charge in [0.15, 0.2) is 0 Å². The lowest BCUT2D eigenvalue weighted by molar-refractivity contribution is -0.168. The van der Waals surface area contributed by atoms with E-state index < -0.39 is 5.66 Å². The summed E-state index contributed by atoms with van der Waals surface area (Å²) in [6, 6.07) is 4.28. The number of hydrogen-bond acceptors (Lipinski definition) is 5. The van der Waals surface area contributed by atoms with E-state index in [2.05, 4.69) is 42.9 Å². The number of benzene rings is 1. The fourth-order valence-corrected chi connectivity index (χ4v) is 4.08. The molecule has 2 rings (SSSR count). The zero-order valence-corrected chi connectivity index (χ0v) is 17.5. The van der Waals surface area contributed by atoms with Crippen LogP contribution in [-0.2, 0) is 11.2 Å². The van der Waals surface area contributed by atoms with Gasteiger partial charge in [-0.1, -0.05) is 17.7 Å². The Balaban J connectivity index is 2.21. The Morgan fingerprint density at radius 1 is 1.08 bits per heavy atom. The molecule has 0 radical (unpaired) electrons. The number of hydrazine groups is 2. The quantitative estimate of drug-likeness (QED) is 0.639. The second-order valence-corrected chi connectivity index (χ2v) is 8.01. The summed E-state index contributed by atoms with van der Waals surface area (Å²) in [6.07, 6.45) is 1.88. The first-order valence-electron chi connectivity index (χ1n) is 9.33. The molecular weight excluding hydrogens is 326 g/mol. The van der Waals surface area contributed by atoms with Crippen LogP contribution in [0.5, 0.6) is 0 Å². The van der Waals surface area contributed by atoms with Crippen molar-refractivity contribution < 1.29 is 4.79 Å². The van der Waals surface area contributed by atoms with Gasteiger partial charge in [0.2, 0.25) is 5.91 Å². The van der Waals surface area contributed by atoms with E-state index in [4.69, 9.17) is 5.73 Å². The molecule has 0 aliphatic carbocycles. The van der Waals surface area contributed by atoms with Crippen molar-refractivity contribution in [1.29, 1.82) is 0 Å². The third-order valence-corrected chi connectivity index (χ3v) is 5.40. The average Bonchev–Trinajstić information content (AvgIpc) is 2.50. The van der Waals surface area contributed by atoms with Gasteiger partial charge in [0, 0.05) is 41.3 Å². The molecule has 1 amide bonds. The van der Waals surface area contributed by atoms with Gasteiger partial charge in [0.1, 0.15) is 5.66 Å². The summed E-state index contributed by atoms with van der Waals surface area (Å²) in [7, 11) is 7.89. The predicted octanol–water partition coefficient (Wildman–Crippen LogP) is 1.69. The molecule has 1 heterocycles. The van der Waals surface area contributed by atoms with Crippen LogP contribution in [0.2, 0.25) is 0 Å². The highest BCUT2D eigenvalue weighted by atomic mass is 16.2. The summed E-state index contributed by atoms with van der Waals surface area (Å²) in [6.45, 7) is 7.95. The Morgan fingerprint density at radius 3 is 2.00 bits per heavy atom. The lowest BCUT2D eigenvalue weighted by atomic mass is 9.94. The molecule has 1 saturated heterocycles. The highest BCUT2D eigenvalue weighted by Gasteiger charge is 2.41. The number of hydrogen-bond donors (Lipinski definition) is 1. The fraction of sp³-hybridized carbons (Fsp3) is 0.650. The van der Waals surface area contributed by atoms with Crippen molar-refractivity contribution in [2.45, 2.75) is 45.7 Å². The van der Waals surface area contributed by atoms with Gasteiger partial charge in [-0.05, 0) is 50.3 Å². The molecule has 6 heteroatoms. The van der Waals surface area contributed by atoms with Crippen LogP contribution >= 0.6 is 0 Å².